The summed E-state index contributed by atoms with van der Waals surface area (Å²) in [5.74, 6) is 1.22. The summed E-state index contributed by atoms with van der Waals surface area (Å²) >= 11 is 0. The Morgan fingerprint density at radius 1 is 1.20 bits per heavy atom. The number of carbonyl (C=O) groups is 1. The smallest absolute Gasteiger partial charge is 0.376 e. The largest absolute Gasteiger partial charge is 0.460 e. The van der Waals surface area contributed by atoms with Gasteiger partial charge < -0.3 is 14.2 Å². The van der Waals surface area contributed by atoms with Crippen molar-refractivity contribution in [1.29, 1.82) is 0 Å². The zero-order chi connectivity index (χ0) is 21.6. The summed E-state index contributed by atoms with van der Waals surface area (Å²) in [6.07, 6.45) is 0. The number of hydrogen-bond donors (Lipinski definition) is 0. The Bertz CT molecular complexity index is 1170. The SMILES string of the molecule is CCOC(=O)c1nnc2n1CCN(c1ccc3c(n1)n(C)c(=O)n3CC(C)(C)C)C2. The molecule has 0 bridgehead atoms. The summed E-state index contributed by atoms with van der Waals surface area (Å²) in [4.78, 5) is 31.6. The van der Waals surface area contributed by atoms with Gasteiger partial charge in [0, 0.05) is 26.7 Å². The summed E-state index contributed by atoms with van der Waals surface area (Å²) in [5.41, 5.74) is 1.39. The van der Waals surface area contributed by atoms with E-state index in [1.165, 1.54) is 0 Å². The Hall–Kier alpha value is -3.17. The number of pyridine rings is 1. The van der Waals surface area contributed by atoms with Gasteiger partial charge in [0.25, 0.3) is 0 Å². The first-order valence-corrected chi connectivity index (χ1v) is 10.1. The molecule has 160 valence electrons. The Morgan fingerprint density at radius 2 is 1.97 bits per heavy atom. The van der Waals surface area contributed by atoms with Gasteiger partial charge in [-0.3, -0.25) is 9.13 Å². The number of ether oxygens (including phenoxy) is 1. The molecule has 0 N–H and O–H groups in total. The van der Waals surface area contributed by atoms with E-state index < -0.39 is 5.97 Å². The highest BCUT2D eigenvalue weighted by Gasteiger charge is 2.26. The van der Waals surface area contributed by atoms with E-state index in [1.54, 1.807) is 27.7 Å². The average Bonchev–Trinajstić information content (AvgIpc) is 3.22. The van der Waals surface area contributed by atoms with Crippen LogP contribution in [-0.2, 0) is 31.4 Å². The molecular formula is C20H27N7O3. The molecule has 1 aliphatic heterocycles. The molecule has 0 saturated carbocycles. The van der Waals surface area contributed by atoms with Crippen molar-refractivity contribution in [1.82, 2.24) is 28.9 Å². The minimum Gasteiger partial charge on any atom is -0.460 e. The van der Waals surface area contributed by atoms with Gasteiger partial charge in [0.1, 0.15) is 5.82 Å². The number of nitrogens with zero attached hydrogens (tertiary/aromatic N) is 7. The molecule has 0 unspecified atom stereocenters. The highest BCUT2D eigenvalue weighted by molar-refractivity contribution is 5.85. The number of anilines is 1. The molecule has 0 atom stereocenters. The molecular weight excluding hydrogens is 386 g/mol. The third-order valence-electron chi connectivity index (χ3n) is 5.13. The van der Waals surface area contributed by atoms with Crippen molar-refractivity contribution >= 4 is 23.0 Å². The normalized spacial score (nSPS) is 14.2. The Morgan fingerprint density at radius 3 is 2.67 bits per heavy atom. The number of carbonyl (C=O) groups excluding carboxylic acids is 1. The van der Waals surface area contributed by atoms with E-state index in [9.17, 15) is 9.59 Å². The summed E-state index contributed by atoms with van der Waals surface area (Å²) in [5, 5.41) is 8.16. The first-order chi connectivity index (χ1) is 14.2. The van der Waals surface area contributed by atoms with Gasteiger partial charge in [0.05, 0.1) is 18.7 Å². The zero-order valence-electron chi connectivity index (χ0n) is 18.0. The molecule has 30 heavy (non-hydrogen) atoms. The van der Waals surface area contributed by atoms with Gasteiger partial charge in [-0.25, -0.2) is 14.6 Å². The first-order valence-electron chi connectivity index (χ1n) is 10.1. The molecule has 3 aromatic rings. The van der Waals surface area contributed by atoms with E-state index in [-0.39, 0.29) is 16.9 Å². The zero-order valence-corrected chi connectivity index (χ0v) is 18.0. The number of aryl methyl sites for hydroxylation is 1. The molecule has 0 saturated heterocycles. The monoisotopic (exact) mass is 413 g/mol. The molecule has 0 fully saturated rings. The van der Waals surface area contributed by atoms with E-state index in [0.717, 1.165) is 11.3 Å². The van der Waals surface area contributed by atoms with Crippen LogP contribution in [0.4, 0.5) is 5.82 Å². The van der Waals surface area contributed by atoms with E-state index in [4.69, 9.17) is 9.72 Å². The summed E-state index contributed by atoms with van der Waals surface area (Å²) in [7, 11) is 1.75. The van der Waals surface area contributed by atoms with Crippen LogP contribution in [0.5, 0.6) is 0 Å². The van der Waals surface area contributed by atoms with Crippen molar-refractivity contribution in [3.63, 3.8) is 0 Å². The highest BCUT2D eigenvalue weighted by Crippen LogP contribution is 2.24. The number of imidazole rings is 1. The van der Waals surface area contributed by atoms with Crippen LogP contribution < -0.4 is 10.6 Å². The quantitative estimate of drug-likeness (QED) is 0.599. The summed E-state index contributed by atoms with van der Waals surface area (Å²) < 4.78 is 10.2. The standard InChI is InChI=1S/C20H27N7O3/c1-6-30-18(28)17-23-22-15-11-25(9-10-26(15)17)14-8-7-13-16(21-14)24(5)19(29)27(13)12-20(2,3)4/h7-8H,6,9-12H2,1-5H3. The fraction of sp³-hybridized carbons (Fsp3) is 0.550. The van der Waals surface area contributed by atoms with E-state index >= 15 is 0 Å². The minimum atomic E-state index is -0.459. The lowest BCUT2D eigenvalue weighted by Crippen LogP contribution is -2.35. The van der Waals surface area contributed by atoms with Gasteiger partial charge in [0.15, 0.2) is 11.5 Å². The van der Waals surface area contributed by atoms with Crippen molar-refractivity contribution in [2.24, 2.45) is 12.5 Å². The van der Waals surface area contributed by atoms with Crippen molar-refractivity contribution < 1.29 is 9.53 Å². The van der Waals surface area contributed by atoms with Crippen molar-refractivity contribution in [3.8, 4) is 0 Å². The molecule has 0 spiro atoms. The fourth-order valence-electron chi connectivity index (χ4n) is 3.77. The summed E-state index contributed by atoms with van der Waals surface area (Å²) in [6.45, 7) is 10.7. The van der Waals surface area contributed by atoms with E-state index in [0.29, 0.717) is 44.3 Å². The van der Waals surface area contributed by atoms with Gasteiger partial charge in [0.2, 0.25) is 5.82 Å². The summed E-state index contributed by atoms with van der Waals surface area (Å²) in [6, 6.07) is 3.88. The lowest BCUT2D eigenvalue weighted by Gasteiger charge is -2.28. The molecule has 10 nitrogen and oxygen atoms in total. The van der Waals surface area contributed by atoms with Crippen LogP contribution in [0.1, 0.15) is 44.1 Å². The molecule has 10 heteroatoms. The van der Waals surface area contributed by atoms with E-state index in [2.05, 4.69) is 35.9 Å². The van der Waals surface area contributed by atoms with Crippen LogP contribution in [0.3, 0.4) is 0 Å². The molecule has 0 aromatic carbocycles. The molecule has 4 rings (SSSR count). The maximum Gasteiger partial charge on any atom is 0.376 e. The third kappa shape index (κ3) is 3.46. The van der Waals surface area contributed by atoms with Crippen LogP contribution in [0.15, 0.2) is 16.9 Å². The number of aromatic nitrogens is 6. The maximum absolute atomic E-state index is 12.7. The van der Waals surface area contributed by atoms with Crippen LogP contribution >= 0.6 is 0 Å². The Balaban J connectivity index is 1.65. The second-order valence-electron chi connectivity index (χ2n) is 8.73. The second-order valence-corrected chi connectivity index (χ2v) is 8.73. The van der Waals surface area contributed by atoms with Gasteiger partial charge in [-0.1, -0.05) is 20.8 Å². The Labute approximate surface area is 174 Å². The van der Waals surface area contributed by atoms with Gasteiger partial charge in [-0.15, -0.1) is 10.2 Å². The number of rotatable bonds is 4. The average molecular weight is 413 g/mol. The van der Waals surface area contributed by atoms with Crippen LogP contribution in [-0.4, -0.2) is 48.0 Å². The highest BCUT2D eigenvalue weighted by atomic mass is 16.5. The molecule has 1 aliphatic rings. The van der Waals surface area contributed by atoms with Crippen molar-refractivity contribution in [2.45, 2.75) is 47.3 Å². The van der Waals surface area contributed by atoms with E-state index in [1.807, 2.05) is 12.1 Å². The third-order valence-corrected chi connectivity index (χ3v) is 5.13. The Kier molecular flexibility index (Phi) is 4.87. The predicted octanol–water partition coefficient (Wildman–Crippen LogP) is 1.57. The van der Waals surface area contributed by atoms with Crippen LogP contribution in [0, 0.1) is 5.41 Å². The van der Waals surface area contributed by atoms with Crippen LogP contribution in [0.2, 0.25) is 0 Å². The lowest BCUT2D eigenvalue weighted by atomic mass is 9.97. The van der Waals surface area contributed by atoms with Crippen molar-refractivity contribution in [2.75, 3.05) is 18.1 Å². The number of esters is 1. The number of hydrogen-bond acceptors (Lipinski definition) is 7. The van der Waals surface area contributed by atoms with Gasteiger partial charge in [-0.05, 0) is 24.5 Å². The topological polar surface area (TPSA) is 100 Å². The lowest BCUT2D eigenvalue weighted by molar-refractivity contribution is 0.0505. The number of fused-ring (bicyclic) bond motifs is 2. The molecule has 3 aromatic heterocycles. The van der Waals surface area contributed by atoms with Gasteiger partial charge in [-0.2, -0.15) is 0 Å². The fourth-order valence-corrected chi connectivity index (χ4v) is 3.77. The second kappa shape index (κ2) is 7.26. The van der Waals surface area contributed by atoms with Gasteiger partial charge >= 0.3 is 11.7 Å². The van der Waals surface area contributed by atoms with Crippen LogP contribution in [0.25, 0.3) is 11.2 Å². The van der Waals surface area contributed by atoms with Crippen molar-refractivity contribution in [3.05, 3.63) is 34.3 Å². The maximum atomic E-state index is 12.7. The first kappa shape index (κ1) is 20.1. The predicted molar refractivity (Wildman–Crippen MR) is 111 cm³/mol. The molecule has 4 heterocycles. The molecule has 0 amide bonds. The molecule has 0 aliphatic carbocycles. The molecule has 0 radical (unpaired) electrons. The minimum absolute atomic E-state index is 0.0235.